The van der Waals surface area contributed by atoms with Gasteiger partial charge in [-0.1, -0.05) is 36.4 Å². The first-order chi connectivity index (χ1) is 13.2. The Morgan fingerprint density at radius 1 is 1.04 bits per heavy atom. The number of ether oxygens (including phenoxy) is 1. The van der Waals surface area contributed by atoms with Crippen molar-refractivity contribution in [3.8, 4) is 0 Å². The van der Waals surface area contributed by atoms with Gasteiger partial charge in [0.2, 0.25) is 0 Å². The van der Waals surface area contributed by atoms with Crippen LogP contribution in [0.15, 0.2) is 48.5 Å². The van der Waals surface area contributed by atoms with Crippen molar-refractivity contribution in [1.29, 1.82) is 0 Å². The van der Waals surface area contributed by atoms with Crippen molar-refractivity contribution in [2.45, 2.75) is 24.9 Å². The molecule has 1 saturated heterocycles. The van der Waals surface area contributed by atoms with Crippen LogP contribution >= 0.6 is 0 Å². The van der Waals surface area contributed by atoms with Crippen molar-refractivity contribution in [2.24, 2.45) is 0 Å². The average molecular weight is 367 g/mol. The summed E-state index contributed by atoms with van der Waals surface area (Å²) in [6.45, 7) is 1.76. The number of alkyl halides is 2. The summed E-state index contributed by atoms with van der Waals surface area (Å²) in [4.78, 5) is 10.4. The average Bonchev–Trinajstić information content (AvgIpc) is 3.05. The zero-order valence-electron chi connectivity index (χ0n) is 14.7. The number of hydrogen-bond donors (Lipinski definition) is 0. The monoisotopic (exact) mass is 367 g/mol. The molecule has 2 heterocycles. The number of aromatic nitrogens is 2. The van der Waals surface area contributed by atoms with Crippen LogP contribution in [0.1, 0.15) is 29.8 Å². The Bertz CT molecular complexity index is 1010. The SMILES string of the molecule is FC(F)c1nc(N2CCOC3(CCc4ccccc43)C2)c2ccccc2n1. The predicted molar refractivity (Wildman–Crippen MR) is 99.1 cm³/mol. The van der Waals surface area contributed by atoms with E-state index >= 15 is 0 Å². The van der Waals surface area contributed by atoms with Gasteiger partial charge < -0.3 is 9.64 Å². The van der Waals surface area contributed by atoms with E-state index in [9.17, 15) is 8.78 Å². The fraction of sp³-hybridized carbons (Fsp3) is 0.333. The molecule has 1 unspecified atom stereocenters. The van der Waals surface area contributed by atoms with Crippen LogP contribution in [0.3, 0.4) is 0 Å². The molecule has 4 nitrogen and oxygen atoms in total. The van der Waals surface area contributed by atoms with Crippen LogP contribution < -0.4 is 4.90 Å². The van der Waals surface area contributed by atoms with Gasteiger partial charge in [0.1, 0.15) is 11.4 Å². The Balaban J connectivity index is 1.59. The van der Waals surface area contributed by atoms with Crippen LogP contribution in [0.25, 0.3) is 10.9 Å². The van der Waals surface area contributed by atoms with Gasteiger partial charge in [0, 0.05) is 11.9 Å². The van der Waals surface area contributed by atoms with E-state index in [4.69, 9.17) is 4.74 Å². The molecule has 1 atom stereocenters. The van der Waals surface area contributed by atoms with Crippen LogP contribution in [0.2, 0.25) is 0 Å². The van der Waals surface area contributed by atoms with Crippen molar-refractivity contribution in [1.82, 2.24) is 9.97 Å². The summed E-state index contributed by atoms with van der Waals surface area (Å²) < 4.78 is 33.0. The summed E-state index contributed by atoms with van der Waals surface area (Å²) in [6.07, 6.45) is -0.833. The standard InChI is InChI=1S/C21H19F2N3O/c22-18(23)19-24-17-8-4-2-6-15(17)20(25-19)26-11-12-27-21(13-26)10-9-14-5-1-3-7-16(14)21/h1-8,18H,9-13H2. The molecule has 0 bridgehead atoms. The number of para-hydroxylation sites is 1. The molecule has 27 heavy (non-hydrogen) atoms. The highest BCUT2D eigenvalue weighted by molar-refractivity contribution is 5.89. The van der Waals surface area contributed by atoms with Crippen molar-refractivity contribution in [3.05, 3.63) is 65.5 Å². The molecule has 1 aromatic heterocycles. The van der Waals surface area contributed by atoms with E-state index in [0.717, 1.165) is 18.2 Å². The van der Waals surface area contributed by atoms with Gasteiger partial charge >= 0.3 is 0 Å². The Kier molecular flexibility index (Phi) is 3.82. The fourth-order valence-corrected chi connectivity index (χ4v) is 4.35. The number of benzene rings is 2. The molecule has 0 amide bonds. The Morgan fingerprint density at radius 2 is 1.85 bits per heavy atom. The highest BCUT2D eigenvalue weighted by atomic mass is 19.3. The lowest BCUT2D eigenvalue weighted by Gasteiger charge is -2.42. The molecule has 5 rings (SSSR count). The Hall–Kier alpha value is -2.60. The number of halogens is 2. The summed E-state index contributed by atoms with van der Waals surface area (Å²) in [5.74, 6) is 0.152. The van der Waals surface area contributed by atoms with Crippen molar-refractivity contribution >= 4 is 16.7 Å². The summed E-state index contributed by atoms with van der Waals surface area (Å²) in [5.41, 5.74) is 2.67. The molecule has 1 aliphatic heterocycles. The second-order valence-electron chi connectivity index (χ2n) is 7.14. The fourth-order valence-electron chi connectivity index (χ4n) is 4.35. The first kappa shape index (κ1) is 16.6. The quantitative estimate of drug-likeness (QED) is 0.679. The minimum atomic E-state index is -2.70. The number of aryl methyl sites for hydroxylation is 1. The van der Waals surface area contributed by atoms with E-state index in [-0.39, 0.29) is 0 Å². The third kappa shape index (κ3) is 2.67. The summed E-state index contributed by atoms with van der Waals surface area (Å²) in [6, 6.07) is 15.7. The second-order valence-corrected chi connectivity index (χ2v) is 7.14. The third-order valence-corrected chi connectivity index (χ3v) is 5.59. The molecule has 1 spiro atoms. The number of hydrogen-bond acceptors (Lipinski definition) is 4. The van der Waals surface area contributed by atoms with Gasteiger partial charge in [-0.15, -0.1) is 0 Å². The van der Waals surface area contributed by atoms with Crippen LogP contribution in [-0.2, 0) is 16.8 Å². The normalized spacial score (nSPS) is 22.0. The lowest BCUT2D eigenvalue weighted by molar-refractivity contribution is -0.0593. The number of anilines is 1. The maximum absolute atomic E-state index is 13.4. The molecule has 1 aliphatic carbocycles. The largest absolute Gasteiger partial charge is 0.367 e. The topological polar surface area (TPSA) is 38.2 Å². The maximum atomic E-state index is 13.4. The van der Waals surface area contributed by atoms with Gasteiger partial charge in [-0.2, -0.15) is 0 Å². The minimum absolute atomic E-state index is 0.397. The van der Waals surface area contributed by atoms with Crippen LogP contribution in [-0.4, -0.2) is 29.7 Å². The lowest BCUT2D eigenvalue weighted by Crippen LogP contribution is -2.49. The number of rotatable bonds is 2. The van der Waals surface area contributed by atoms with E-state index in [0.29, 0.717) is 31.0 Å². The van der Waals surface area contributed by atoms with Gasteiger partial charge in [0.05, 0.1) is 18.7 Å². The van der Waals surface area contributed by atoms with Crippen molar-refractivity contribution in [2.75, 3.05) is 24.6 Å². The van der Waals surface area contributed by atoms with E-state index in [1.807, 2.05) is 30.3 Å². The van der Waals surface area contributed by atoms with E-state index in [2.05, 4.69) is 27.0 Å². The van der Waals surface area contributed by atoms with Crippen molar-refractivity contribution in [3.63, 3.8) is 0 Å². The summed E-state index contributed by atoms with van der Waals surface area (Å²) in [5, 5.41) is 0.797. The van der Waals surface area contributed by atoms with E-state index in [1.165, 1.54) is 11.1 Å². The third-order valence-electron chi connectivity index (χ3n) is 5.59. The smallest absolute Gasteiger partial charge is 0.297 e. The Morgan fingerprint density at radius 3 is 2.74 bits per heavy atom. The van der Waals surface area contributed by atoms with Gasteiger partial charge in [-0.25, -0.2) is 18.7 Å². The van der Waals surface area contributed by atoms with Crippen LogP contribution in [0, 0.1) is 0 Å². The zero-order chi connectivity index (χ0) is 18.4. The highest BCUT2D eigenvalue weighted by Gasteiger charge is 2.43. The number of fused-ring (bicyclic) bond motifs is 3. The van der Waals surface area contributed by atoms with Crippen LogP contribution in [0.5, 0.6) is 0 Å². The Labute approximate surface area is 155 Å². The highest BCUT2D eigenvalue weighted by Crippen LogP contribution is 2.43. The first-order valence-corrected chi connectivity index (χ1v) is 9.18. The molecule has 0 saturated carbocycles. The molecular weight excluding hydrogens is 348 g/mol. The molecule has 2 aromatic carbocycles. The molecule has 138 valence electrons. The van der Waals surface area contributed by atoms with Gasteiger partial charge in [0.15, 0.2) is 5.82 Å². The molecule has 1 fully saturated rings. The van der Waals surface area contributed by atoms with Gasteiger partial charge in [-0.3, -0.25) is 0 Å². The lowest BCUT2D eigenvalue weighted by atomic mass is 9.93. The number of nitrogens with zero attached hydrogens (tertiary/aromatic N) is 3. The maximum Gasteiger partial charge on any atom is 0.297 e. The zero-order valence-corrected chi connectivity index (χ0v) is 14.7. The molecule has 3 aromatic rings. The molecule has 6 heteroatoms. The minimum Gasteiger partial charge on any atom is -0.367 e. The summed E-state index contributed by atoms with van der Waals surface area (Å²) in [7, 11) is 0. The van der Waals surface area contributed by atoms with Crippen molar-refractivity contribution < 1.29 is 13.5 Å². The second kappa shape index (κ2) is 6.23. The molecule has 0 radical (unpaired) electrons. The van der Waals surface area contributed by atoms with Crippen LogP contribution in [0.4, 0.5) is 14.6 Å². The summed E-state index contributed by atoms with van der Waals surface area (Å²) >= 11 is 0. The van der Waals surface area contributed by atoms with E-state index in [1.54, 1.807) is 6.07 Å². The molecule has 0 N–H and O–H groups in total. The van der Waals surface area contributed by atoms with Gasteiger partial charge in [0.25, 0.3) is 6.43 Å². The predicted octanol–water partition coefficient (Wildman–Crippen LogP) is 4.25. The molecular formula is C21H19F2N3O. The number of morpholine rings is 1. The van der Waals surface area contributed by atoms with E-state index < -0.39 is 17.9 Å². The molecule has 2 aliphatic rings. The van der Waals surface area contributed by atoms with Gasteiger partial charge in [-0.05, 0) is 36.1 Å². The first-order valence-electron chi connectivity index (χ1n) is 9.18.